The lowest BCUT2D eigenvalue weighted by molar-refractivity contribution is -0.384. The predicted octanol–water partition coefficient (Wildman–Crippen LogP) is 1.08. The van der Waals surface area contributed by atoms with Crippen molar-refractivity contribution in [3.8, 4) is 0 Å². The molecule has 0 spiro atoms. The lowest BCUT2D eigenvalue weighted by atomic mass is 10.1. The van der Waals surface area contributed by atoms with Crippen molar-refractivity contribution in [2.24, 2.45) is 10.9 Å². The summed E-state index contributed by atoms with van der Waals surface area (Å²) in [6, 6.07) is 4.52. The van der Waals surface area contributed by atoms with Gasteiger partial charge in [-0.05, 0) is 39.2 Å². The highest BCUT2D eigenvalue weighted by Gasteiger charge is 2.18. The topological polar surface area (TPSA) is 108 Å². The van der Waals surface area contributed by atoms with E-state index in [9.17, 15) is 10.1 Å². The minimum atomic E-state index is -0.466. The Morgan fingerprint density at radius 1 is 1.38 bits per heavy atom. The van der Waals surface area contributed by atoms with E-state index in [1.165, 1.54) is 6.07 Å². The van der Waals surface area contributed by atoms with Gasteiger partial charge >= 0.3 is 0 Å². The van der Waals surface area contributed by atoms with E-state index in [4.69, 9.17) is 10.9 Å². The number of amidine groups is 1. The third-order valence-corrected chi connectivity index (χ3v) is 3.09. The summed E-state index contributed by atoms with van der Waals surface area (Å²) in [5.74, 6) is -0.153. The van der Waals surface area contributed by atoms with Crippen molar-refractivity contribution >= 4 is 17.2 Å². The fraction of sp³-hybridized carbons (Fsp3) is 0.462. The second kappa shape index (κ2) is 7.44. The van der Waals surface area contributed by atoms with Gasteiger partial charge in [-0.3, -0.25) is 10.1 Å². The molecule has 0 aliphatic carbocycles. The molecular formula is C13H21N5O3. The van der Waals surface area contributed by atoms with Crippen LogP contribution in [-0.4, -0.2) is 55.1 Å². The van der Waals surface area contributed by atoms with E-state index < -0.39 is 4.92 Å². The molecule has 0 aliphatic heterocycles. The Balaban J connectivity index is 2.98. The lowest BCUT2D eigenvalue weighted by Gasteiger charge is -2.20. The molecule has 0 fully saturated rings. The van der Waals surface area contributed by atoms with Crippen LogP contribution >= 0.6 is 0 Å². The second-order valence-corrected chi connectivity index (χ2v) is 5.02. The predicted molar refractivity (Wildman–Crippen MR) is 82.0 cm³/mol. The third-order valence-electron chi connectivity index (χ3n) is 3.09. The zero-order valence-electron chi connectivity index (χ0n) is 12.5. The minimum absolute atomic E-state index is 0.0635. The quantitative estimate of drug-likeness (QED) is 0.256. The molecule has 0 heterocycles. The maximum Gasteiger partial charge on any atom is 0.293 e. The van der Waals surface area contributed by atoms with Crippen molar-refractivity contribution in [2.45, 2.75) is 6.42 Å². The Morgan fingerprint density at radius 3 is 2.57 bits per heavy atom. The second-order valence-electron chi connectivity index (χ2n) is 5.02. The first kappa shape index (κ1) is 16.7. The molecule has 0 bridgehead atoms. The van der Waals surface area contributed by atoms with Crippen LogP contribution in [-0.2, 0) is 0 Å². The molecule has 1 aromatic rings. The smallest absolute Gasteiger partial charge is 0.293 e. The molecule has 8 heteroatoms. The van der Waals surface area contributed by atoms with Crippen molar-refractivity contribution in [3.05, 3.63) is 33.9 Å². The monoisotopic (exact) mass is 295 g/mol. The van der Waals surface area contributed by atoms with Gasteiger partial charge in [0.05, 0.1) is 4.92 Å². The molecule has 0 amide bonds. The van der Waals surface area contributed by atoms with Crippen molar-refractivity contribution in [2.75, 3.05) is 39.1 Å². The first-order chi connectivity index (χ1) is 9.86. The highest BCUT2D eigenvalue weighted by Crippen LogP contribution is 2.28. The molecule has 0 unspecified atom stereocenters. The lowest BCUT2D eigenvalue weighted by Crippen LogP contribution is -2.24. The van der Waals surface area contributed by atoms with Crippen LogP contribution in [0.15, 0.2) is 23.4 Å². The van der Waals surface area contributed by atoms with Gasteiger partial charge < -0.3 is 20.7 Å². The Kier molecular flexibility index (Phi) is 5.92. The summed E-state index contributed by atoms with van der Waals surface area (Å²) < 4.78 is 0. The summed E-state index contributed by atoms with van der Waals surface area (Å²) in [6.07, 6.45) is 0.892. The molecule has 3 N–H and O–H groups in total. The van der Waals surface area contributed by atoms with Crippen LogP contribution in [0.3, 0.4) is 0 Å². The summed E-state index contributed by atoms with van der Waals surface area (Å²) in [7, 11) is 5.77. The fourth-order valence-electron chi connectivity index (χ4n) is 1.95. The number of nitro benzene ring substituents is 1. The number of nitrogens with zero attached hydrogens (tertiary/aromatic N) is 4. The maximum absolute atomic E-state index is 11.2. The van der Waals surface area contributed by atoms with Crippen molar-refractivity contribution in [3.63, 3.8) is 0 Å². The van der Waals surface area contributed by atoms with Gasteiger partial charge in [0.25, 0.3) is 5.69 Å². The molecular weight excluding hydrogens is 274 g/mol. The number of hydrogen-bond acceptors (Lipinski definition) is 6. The number of nitro groups is 1. The van der Waals surface area contributed by atoms with E-state index in [1.54, 1.807) is 19.2 Å². The van der Waals surface area contributed by atoms with Crippen LogP contribution in [0, 0.1) is 10.1 Å². The average Bonchev–Trinajstić information content (AvgIpc) is 2.45. The Morgan fingerprint density at radius 2 is 2.05 bits per heavy atom. The molecule has 1 rings (SSSR count). The highest BCUT2D eigenvalue weighted by molar-refractivity contribution is 5.98. The van der Waals surface area contributed by atoms with Gasteiger partial charge in [-0.1, -0.05) is 5.16 Å². The average molecular weight is 295 g/mol. The molecule has 1 aromatic carbocycles. The summed E-state index contributed by atoms with van der Waals surface area (Å²) in [5, 5.41) is 22.7. The van der Waals surface area contributed by atoms with Gasteiger partial charge in [0.15, 0.2) is 5.84 Å². The van der Waals surface area contributed by atoms with Crippen molar-refractivity contribution in [1.82, 2.24) is 4.90 Å². The third kappa shape index (κ3) is 4.60. The fourth-order valence-corrected chi connectivity index (χ4v) is 1.95. The summed E-state index contributed by atoms with van der Waals surface area (Å²) in [4.78, 5) is 14.6. The molecule has 0 saturated carbocycles. The Bertz CT molecular complexity index is 531. The number of nitrogens with two attached hydrogens (primary N) is 1. The Labute approximate surface area is 123 Å². The van der Waals surface area contributed by atoms with Crippen LogP contribution in [0.4, 0.5) is 11.4 Å². The Hall–Kier alpha value is -2.35. The number of benzene rings is 1. The van der Waals surface area contributed by atoms with Crippen LogP contribution < -0.4 is 10.6 Å². The van der Waals surface area contributed by atoms with E-state index in [1.807, 2.05) is 19.0 Å². The van der Waals surface area contributed by atoms with Gasteiger partial charge in [-0.2, -0.15) is 0 Å². The maximum atomic E-state index is 11.2. The van der Waals surface area contributed by atoms with Gasteiger partial charge in [-0.25, -0.2) is 0 Å². The zero-order chi connectivity index (χ0) is 16.0. The van der Waals surface area contributed by atoms with Gasteiger partial charge in [0, 0.05) is 25.2 Å². The van der Waals surface area contributed by atoms with E-state index in [0.29, 0.717) is 17.8 Å². The number of oxime groups is 1. The van der Waals surface area contributed by atoms with Crippen LogP contribution in [0.5, 0.6) is 0 Å². The molecule has 0 atom stereocenters. The first-order valence-corrected chi connectivity index (χ1v) is 6.49. The molecule has 8 nitrogen and oxygen atoms in total. The number of anilines is 1. The minimum Gasteiger partial charge on any atom is -0.409 e. The van der Waals surface area contributed by atoms with Crippen molar-refractivity contribution < 1.29 is 10.1 Å². The summed E-state index contributed by atoms with van der Waals surface area (Å²) >= 11 is 0. The van der Waals surface area contributed by atoms with Crippen LogP contribution in [0.25, 0.3) is 0 Å². The van der Waals surface area contributed by atoms with Gasteiger partial charge in [-0.15, -0.1) is 0 Å². The number of hydrogen-bond donors (Lipinski definition) is 2. The molecule has 21 heavy (non-hydrogen) atoms. The van der Waals surface area contributed by atoms with E-state index in [-0.39, 0.29) is 11.5 Å². The zero-order valence-corrected chi connectivity index (χ0v) is 12.5. The van der Waals surface area contributed by atoms with Crippen LogP contribution in [0.1, 0.15) is 12.0 Å². The SMILES string of the molecule is CN(C)CCCN(C)c1ccc(C(N)=NO)cc1[N+](=O)[O-]. The molecule has 116 valence electrons. The highest BCUT2D eigenvalue weighted by atomic mass is 16.6. The molecule has 0 aromatic heterocycles. The number of rotatable bonds is 7. The molecule has 0 aliphatic rings. The standard InChI is InChI=1S/C13H21N5O3/c1-16(2)7-4-8-17(3)11-6-5-10(13(14)15-19)9-12(11)18(20)21/h5-6,9,19H,4,7-8H2,1-3H3,(H2,14,15). The molecule has 0 saturated heterocycles. The van der Waals surface area contributed by atoms with Gasteiger partial charge in [0.2, 0.25) is 0 Å². The van der Waals surface area contributed by atoms with Crippen molar-refractivity contribution in [1.29, 1.82) is 0 Å². The van der Waals surface area contributed by atoms with Gasteiger partial charge in [0.1, 0.15) is 5.69 Å². The molecule has 0 radical (unpaired) electrons. The first-order valence-electron chi connectivity index (χ1n) is 6.49. The van der Waals surface area contributed by atoms with E-state index >= 15 is 0 Å². The van der Waals surface area contributed by atoms with E-state index in [0.717, 1.165) is 13.0 Å². The normalized spacial score (nSPS) is 11.7. The van der Waals surface area contributed by atoms with Crippen LogP contribution in [0.2, 0.25) is 0 Å². The summed E-state index contributed by atoms with van der Waals surface area (Å²) in [5.41, 5.74) is 6.22. The largest absolute Gasteiger partial charge is 0.409 e. The summed E-state index contributed by atoms with van der Waals surface area (Å²) in [6.45, 7) is 1.60. The van der Waals surface area contributed by atoms with E-state index in [2.05, 4.69) is 10.1 Å².